The molecule has 0 bridgehead atoms. The molecule has 0 aromatic rings. The average molecular weight is 165 g/mol. The van der Waals surface area contributed by atoms with E-state index in [1.807, 2.05) is 20.8 Å². The van der Waals surface area contributed by atoms with Crippen molar-refractivity contribution in [1.82, 2.24) is 0 Å². The minimum absolute atomic E-state index is 0.0202. The molecule has 1 aliphatic carbocycles. The van der Waals surface area contributed by atoms with Gasteiger partial charge in [0, 0.05) is 0 Å². The zero-order chi connectivity index (χ0) is 9.30. The molecule has 1 rings (SSSR count). The van der Waals surface area contributed by atoms with Crippen LogP contribution in [0.4, 0.5) is 0 Å². The van der Waals surface area contributed by atoms with Gasteiger partial charge in [-0.1, -0.05) is 0 Å². The average Bonchev–Trinajstić information content (AvgIpc) is 2.25. The van der Waals surface area contributed by atoms with Crippen LogP contribution in [0.2, 0.25) is 0 Å². The monoisotopic (exact) mass is 165 g/mol. The molecule has 0 aliphatic heterocycles. The molecule has 0 atom stereocenters. The Morgan fingerprint density at radius 2 is 1.75 bits per heavy atom. The number of hydrogen-bond acceptors (Lipinski definition) is 2. The van der Waals surface area contributed by atoms with Crippen LogP contribution in [0.25, 0.3) is 0 Å². The molecule has 66 valence electrons. The van der Waals surface area contributed by atoms with E-state index in [0.29, 0.717) is 0 Å². The Morgan fingerprint density at radius 1 is 1.17 bits per heavy atom. The SMILES string of the molecule is CC1=C(C)C(CO)=C(C)C1=C[O-]. The van der Waals surface area contributed by atoms with Crippen molar-refractivity contribution in [3.05, 3.63) is 34.1 Å². The summed E-state index contributed by atoms with van der Waals surface area (Å²) in [7, 11) is 0. The fraction of sp³-hybridized carbons (Fsp3) is 0.400. The Hall–Kier alpha value is -1.02. The van der Waals surface area contributed by atoms with Gasteiger partial charge >= 0.3 is 0 Å². The van der Waals surface area contributed by atoms with Crippen LogP contribution < -0.4 is 5.11 Å². The lowest BCUT2D eigenvalue weighted by Gasteiger charge is -2.05. The molecule has 1 aliphatic rings. The molecule has 0 saturated heterocycles. The fourth-order valence-corrected chi connectivity index (χ4v) is 1.57. The van der Waals surface area contributed by atoms with Crippen molar-refractivity contribution in [1.29, 1.82) is 0 Å². The van der Waals surface area contributed by atoms with Crippen molar-refractivity contribution in [2.45, 2.75) is 20.8 Å². The van der Waals surface area contributed by atoms with Crippen molar-refractivity contribution < 1.29 is 10.2 Å². The van der Waals surface area contributed by atoms with Crippen LogP contribution >= 0.6 is 0 Å². The second kappa shape index (κ2) is 3.15. The van der Waals surface area contributed by atoms with Gasteiger partial charge in [0.15, 0.2) is 0 Å². The summed E-state index contributed by atoms with van der Waals surface area (Å²) in [6.07, 6.45) is 0.858. The molecule has 2 heteroatoms. The van der Waals surface area contributed by atoms with E-state index in [9.17, 15) is 5.11 Å². The maximum Gasteiger partial charge on any atom is 0.0687 e. The summed E-state index contributed by atoms with van der Waals surface area (Å²) in [5.41, 5.74) is 4.58. The first-order valence-corrected chi connectivity index (χ1v) is 3.94. The summed E-state index contributed by atoms with van der Waals surface area (Å²) in [6.45, 7) is 5.73. The van der Waals surface area contributed by atoms with Crippen LogP contribution in [0.15, 0.2) is 34.1 Å². The molecule has 0 spiro atoms. The van der Waals surface area contributed by atoms with E-state index in [1.54, 1.807) is 0 Å². The summed E-state index contributed by atoms with van der Waals surface area (Å²) in [5, 5.41) is 19.7. The third-order valence-corrected chi connectivity index (χ3v) is 2.55. The van der Waals surface area contributed by atoms with Crippen LogP contribution in [-0.2, 0) is 0 Å². The van der Waals surface area contributed by atoms with E-state index in [2.05, 4.69) is 0 Å². The van der Waals surface area contributed by atoms with E-state index in [0.717, 1.165) is 34.1 Å². The van der Waals surface area contributed by atoms with Crippen LogP contribution in [0.5, 0.6) is 0 Å². The molecule has 0 fully saturated rings. The van der Waals surface area contributed by atoms with Gasteiger partial charge in [-0.25, -0.2) is 0 Å². The number of hydrogen-bond donors (Lipinski definition) is 1. The van der Waals surface area contributed by atoms with Crippen molar-refractivity contribution in [3.63, 3.8) is 0 Å². The lowest BCUT2D eigenvalue weighted by molar-refractivity contribution is -0.275. The number of aliphatic hydroxyl groups excluding tert-OH is 1. The lowest BCUT2D eigenvalue weighted by atomic mass is 10.1. The maximum atomic E-state index is 10.6. The Balaban J connectivity index is 3.24. The summed E-state index contributed by atoms with van der Waals surface area (Å²) in [4.78, 5) is 0. The second-order valence-electron chi connectivity index (χ2n) is 3.04. The molecule has 0 aromatic heterocycles. The topological polar surface area (TPSA) is 43.3 Å². The predicted molar refractivity (Wildman–Crippen MR) is 46.2 cm³/mol. The summed E-state index contributed by atoms with van der Waals surface area (Å²) in [6, 6.07) is 0. The molecule has 0 radical (unpaired) electrons. The molecule has 0 amide bonds. The molecule has 2 nitrogen and oxygen atoms in total. The highest BCUT2D eigenvalue weighted by atomic mass is 16.3. The molecule has 1 N–H and O–H groups in total. The van der Waals surface area contributed by atoms with Crippen LogP contribution in [0, 0.1) is 0 Å². The maximum absolute atomic E-state index is 10.6. The smallest absolute Gasteiger partial charge is 0.0687 e. The molecule has 0 heterocycles. The highest BCUT2D eigenvalue weighted by molar-refractivity contribution is 5.61. The van der Waals surface area contributed by atoms with Gasteiger partial charge in [0.1, 0.15) is 0 Å². The number of allylic oxidation sites excluding steroid dienone is 3. The van der Waals surface area contributed by atoms with E-state index in [1.165, 1.54) is 0 Å². The number of rotatable bonds is 1. The van der Waals surface area contributed by atoms with E-state index in [4.69, 9.17) is 5.11 Å². The molecule has 0 aromatic carbocycles. The Morgan fingerprint density at radius 3 is 2.00 bits per heavy atom. The van der Waals surface area contributed by atoms with E-state index < -0.39 is 0 Å². The highest BCUT2D eigenvalue weighted by Gasteiger charge is 2.18. The quantitative estimate of drug-likeness (QED) is 0.586. The van der Waals surface area contributed by atoms with Gasteiger partial charge in [-0.2, -0.15) is 0 Å². The van der Waals surface area contributed by atoms with Gasteiger partial charge in [-0.05, 0) is 48.6 Å². The Kier molecular flexibility index (Phi) is 2.38. The summed E-state index contributed by atoms with van der Waals surface area (Å²) in [5.74, 6) is 0. The van der Waals surface area contributed by atoms with Crippen molar-refractivity contribution in [3.8, 4) is 0 Å². The van der Waals surface area contributed by atoms with Crippen molar-refractivity contribution in [2.75, 3.05) is 6.61 Å². The van der Waals surface area contributed by atoms with Gasteiger partial charge in [-0.15, -0.1) is 6.26 Å². The van der Waals surface area contributed by atoms with Crippen molar-refractivity contribution in [2.24, 2.45) is 0 Å². The Labute approximate surface area is 72.5 Å². The van der Waals surface area contributed by atoms with Gasteiger partial charge < -0.3 is 10.2 Å². The minimum atomic E-state index is 0.0202. The van der Waals surface area contributed by atoms with Gasteiger partial charge in [0.25, 0.3) is 0 Å². The van der Waals surface area contributed by atoms with Crippen LogP contribution in [0.3, 0.4) is 0 Å². The third-order valence-electron chi connectivity index (χ3n) is 2.55. The van der Waals surface area contributed by atoms with E-state index >= 15 is 0 Å². The molecule has 0 unspecified atom stereocenters. The van der Waals surface area contributed by atoms with Crippen LogP contribution in [-0.4, -0.2) is 11.7 Å². The highest BCUT2D eigenvalue weighted by Crippen LogP contribution is 2.35. The minimum Gasteiger partial charge on any atom is -0.877 e. The normalized spacial score (nSPS) is 21.5. The van der Waals surface area contributed by atoms with Crippen LogP contribution in [0.1, 0.15) is 20.8 Å². The lowest BCUT2D eigenvalue weighted by Crippen LogP contribution is -1.94. The third kappa shape index (κ3) is 1.08. The van der Waals surface area contributed by atoms with E-state index in [-0.39, 0.29) is 6.61 Å². The van der Waals surface area contributed by atoms with Crippen molar-refractivity contribution >= 4 is 0 Å². The summed E-state index contributed by atoms with van der Waals surface area (Å²) < 4.78 is 0. The second-order valence-corrected chi connectivity index (χ2v) is 3.04. The van der Waals surface area contributed by atoms with Gasteiger partial charge in [0.05, 0.1) is 6.61 Å². The molecule has 0 saturated carbocycles. The summed E-state index contributed by atoms with van der Waals surface area (Å²) >= 11 is 0. The zero-order valence-corrected chi connectivity index (χ0v) is 7.64. The molecular weight excluding hydrogens is 152 g/mol. The Bertz CT molecular complexity index is 293. The largest absolute Gasteiger partial charge is 0.877 e. The predicted octanol–water partition coefficient (Wildman–Crippen LogP) is 0.889. The van der Waals surface area contributed by atoms with Gasteiger partial charge in [0.2, 0.25) is 0 Å². The molecule has 12 heavy (non-hydrogen) atoms. The first kappa shape index (κ1) is 9.07. The fourth-order valence-electron chi connectivity index (χ4n) is 1.57. The standard InChI is InChI=1S/C10H14O2/c1-6-7(2)10(5-12)8(3)9(6)4-11/h4,11-12H,5H2,1-3H3/p-1. The number of aliphatic hydroxyl groups is 1. The zero-order valence-electron chi connectivity index (χ0n) is 7.64. The first-order valence-electron chi connectivity index (χ1n) is 3.94. The first-order chi connectivity index (χ1) is 5.63. The molecular formula is C10H13O2-. The van der Waals surface area contributed by atoms with Gasteiger partial charge in [-0.3, -0.25) is 0 Å².